The standard InChI is InChI=1S/C11H22N2O4/c1-11(2,3)17-10(15)13-4-5-16-7-8(13)9(14)6-12/h8-9,14H,4-7,12H2,1-3H3. The van der Waals surface area contributed by atoms with Gasteiger partial charge in [0, 0.05) is 13.1 Å². The summed E-state index contributed by atoms with van der Waals surface area (Å²) in [7, 11) is 0. The third-order valence-corrected chi connectivity index (χ3v) is 2.48. The number of hydrogen-bond acceptors (Lipinski definition) is 5. The fraction of sp³-hybridized carbons (Fsp3) is 0.909. The second kappa shape index (κ2) is 5.66. The number of hydrogen-bond donors (Lipinski definition) is 2. The fourth-order valence-electron chi connectivity index (χ4n) is 1.65. The molecular formula is C11H22N2O4. The third kappa shape index (κ3) is 4.14. The molecule has 3 N–H and O–H groups in total. The fourth-order valence-corrected chi connectivity index (χ4v) is 1.65. The van der Waals surface area contributed by atoms with Crippen LogP contribution in [0.15, 0.2) is 0 Å². The van der Waals surface area contributed by atoms with Gasteiger partial charge in [0.1, 0.15) is 5.60 Å². The molecule has 0 aromatic carbocycles. The number of nitrogens with zero attached hydrogens (tertiary/aromatic N) is 1. The molecule has 6 heteroatoms. The van der Waals surface area contributed by atoms with Crippen LogP contribution in [0, 0.1) is 0 Å². The summed E-state index contributed by atoms with van der Waals surface area (Å²) in [6.45, 7) is 6.66. The van der Waals surface area contributed by atoms with E-state index in [9.17, 15) is 9.90 Å². The Morgan fingerprint density at radius 1 is 1.65 bits per heavy atom. The van der Waals surface area contributed by atoms with E-state index < -0.39 is 23.8 Å². The minimum absolute atomic E-state index is 0.0906. The van der Waals surface area contributed by atoms with E-state index in [1.54, 1.807) is 20.8 Å². The molecule has 0 aromatic heterocycles. The Hall–Kier alpha value is -0.850. The first-order valence-corrected chi connectivity index (χ1v) is 5.80. The van der Waals surface area contributed by atoms with Crippen molar-refractivity contribution < 1.29 is 19.4 Å². The van der Waals surface area contributed by atoms with Gasteiger partial charge in [-0.15, -0.1) is 0 Å². The Morgan fingerprint density at radius 2 is 2.29 bits per heavy atom. The topological polar surface area (TPSA) is 85.0 Å². The molecular weight excluding hydrogens is 224 g/mol. The van der Waals surface area contributed by atoms with E-state index in [2.05, 4.69) is 0 Å². The molecule has 1 heterocycles. The van der Waals surface area contributed by atoms with Gasteiger partial charge in [0.05, 0.1) is 25.4 Å². The highest BCUT2D eigenvalue weighted by atomic mass is 16.6. The maximum atomic E-state index is 11.9. The van der Waals surface area contributed by atoms with Crippen molar-refractivity contribution in [3.63, 3.8) is 0 Å². The Morgan fingerprint density at radius 3 is 2.82 bits per heavy atom. The van der Waals surface area contributed by atoms with Crippen LogP contribution in [0.25, 0.3) is 0 Å². The molecule has 2 unspecified atom stereocenters. The lowest BCUT2D eigenvalue weighted by Crippen LogP contribution is -2.56. The first-order chi connectivity index (χ1) is 7.85. The molecule has 1 aliphatic rings. The van der Waals surface area contributed by atoms with Crippen molar-refractivity contribution in [1.82, 2.24) is 4.90 Å². The van der Waals surface area contributed by atoms with Crippen molar-refractivity contribution in [1.29, 1.82) is 0 Å². The van der Waals surface area contributed by atoms with Crippen LogP contribution < -0.4 is 5.73 Å². The molecule has 1 amide bonds. The second-order valence-electron chi connectivity index (χ2n) is 5.12. The van der Waals surface area contributed by atoms with Crippen LogP contribution in [0.1, 0.15) is 20.8 Å². The number of carbonyl (C=O) groups excluding carboxylic acids is 1. The number of nitrogens with two attached hydrogens (primary N) is 1. The number of rotatable bonds is 2. The molecule has 1 saturated heterocycles. The van der Waals surface area contributed by atoms with Crippen molar-refractivity contribution >= 4 is 6.09 Å². The van der Waals surface area contributed by atoms with Gasteiger partial charge in [0.15, 0.2) is 0 Å². The van der Waals surface area contributed by atoms with Gasteiger partial charge in [0.2, 0.25) is 0 Å². The maximum Gasteiger partial charge on any atom is 0.410 e. The predicted molar refractivity (Wildman–Crippen MR) is 62.6 cm³/mol. The normalized spacial score (nSPS) is 23.4. The van der Waals surface area contributed by atoms with Gasteiger partial charge in [-0.1, -0.05) is 0 Å². The number of ether oxygens (including phenoxy) is 2. The minimum Gasteiger partial charge on any atom is -0.444 e. The number of aliphatic hydroxyl groups excluding tert-OH is 1. The Balaban J connectivity index is 2.67. The highest BCUT2D eigenvalue weighted by Gasteiger charge is 2.34. The zero-order chi connectivity index (χ0) is 13.1. The second-order valence-corrected chi connectivity index (χ2v) is 5.12. The van der Waals surface area contributed by atoms with Crippen molar-refractivity contribution in [2.24, 2.45) is 5.73 Å². The lowest BCUT2D eigenvalue weighted by atomic mass is 10.1. The highest BCUT2D eigenvalue weighted by molar-refractivity contribution is 5.68. The number of carbonyl (C=O) groups is 1. The molecule has 0 aromatic rings. The smallest absolute Gasteiger partial charge is 0.410 e. The predicted octanol–water partition coefficient (Wildman–Crippen LogP) is -0.0581. The molecule has 0 spiro atoms. The summed E-state index contributed by atoms with van der Waals surface area (Å²) in [5.74, 6) is 0. The van der Waals surface area contributed by atoms with E-state index in [-0.39, 0.29) is 13.2 Å². The van der Waals surface area contributed by atoms with E-state index in [1.165, 1.54) is 4.90 Å². The van der Waals surface area contributed by atoms with Crippen LogP contribution in [0.2, 0.25) is 0 Å². The van der Waals surface area contributed by atoms with Crippen molar-refractivity contribution in [2.45, 2.75) is 38.5 Å². The Bertz CT molecular complexity index is 265. The number of amides is 1. The van der Waals surface area contributed by atoms with Crippen LogP contribution in [0.5, 0.6) is 0 Å². The van der Waals surface area contributed by atoms with E-state index in [0.717, 1.165) is 0 Å². The SMILES string of the molecule is CC(C)(C)OC(=O)N1CCOCC1C(O)CN. The molecule has 1 rings (SSSR count). The summed E-state index contributed by atoms with van der Waals surface area (Å²) < 4.78 is 10.5. The molecule has 1 fully saturated rings. The lowest BCUT2D eigenvalue weighted by Gasteiger charge is -2.38. The molecule has 0 aliphatic carbocycles. The average Bonchev–Trinajstić information content (AvgIpc) is 2.25. The first kappa shape index (κ1) is 14.2. The van der Waals surface area contributed by atoms with Gasteiger partial charge in [-0.3, -0.25) is 4.90 Å². The van der Waals surface area contributed by atoms with Crippen molar-refractivity contribution in [2.75, 3.05) is 26.3 Å². The largest absolute Gasteiger partial charge is 0.444 e. The van der Waals surface area contributed by atoms with Gasteiger partial charge in [-0.2, -0.15) is 0 Å². The Labute approximate surface area is 102 Å². The molecule has 2 atom stereocenters. The van der Waals surface area contributed by atoms with Crippen LogP contribution in [0.4, 0.5) is 4.79 Å². The van der Waals surface area contributed by atoms with E-state index in [4.69, 9.17) is 15.2 Å². The quantitative estimate of drug-likeness (QED) is 0.713. The van der Waals surface area contributed by atoms with Gasteiger partial charge >= 0.3 is 6.09 Å². The third-order valence-electron chi connectivity index (χ3n) is 2.48. The zero-order valence-electron chi connectivity index (χ0n) is 10.7. The molecule has 1 aliphatic heterocycles. The number of morpholine rings is 1. The van der Waals surface area contributed by atoms with Crippen LogP contribution in [-0.2, 0) is 9.47 Å². The van der Waals surface area contributed by atoms with Crippen molar-refractivity contribution in [3.05, 3.63) is 0 Å². The summed E-state index contributed by atoms with van der Waals surface area (Å²) in [5.41, 5.74) is 4.86. The zero-order valence-corrected chi connectivity index (χ0v) is 10.7. The summed E-state index contributed by atoms with van der Waals surface area (Å²) >= 11 is 0. The number of aliphatic hydroxyl groups is 1. The van der Waals surface area contributed by atoms with Gasteiger partial charge in [-0.25, -0.2) is 4.79 Å². The van der Waals surface area contributed by atoms with E-state index in [1.807, 2.05) is 0 Å². The molecule has 0 saturated carbocycles. The molecule has 0 radical (unpaired) electrons. The van der Waals surface area contributed by atoms with Crippen LogP contribution >= 0.6 is 0 Å². The molecule has 6 nitrogen and oxygen atoms in total. The molecule has 0 bridgehead atoms. The lowest BCUT2D eigenvalue weighted by molar-refractivity contribution is -0.0641. The van der Waals surface area contributed by atoms with E-state index >= 15 is 0 Å². The minimum atomic E-state index is -0.789. The van der Waals surface area contributed by atoms with Crippen LogP contribution in [-0.4, -0.2) is 60.1 Å². The molecule has 17 heavy (non-hydrogen) atoms. The Kier molecular flexibility index (Phi) is 4.73. The molecule has 100 valence electrons. The van der Waals surface area contributed by atoms with Gasteiger partial charge in [-0.05, 0) is 20.8 Å². The first-order valence-electron chi connectivity index (χ1n) is 5.80. The average molecular weight is 246 g/mol. The van der Waals surface area contributed by atoms with Crippen molar-refractivity contribution in [3.8, 4) is 0 Å². The van der Waals surface area contributed by atoms with Gasteiger partial charge in [0.25, 0.3) is 0 Å². The summed E-state index contributed by atoms with van der Waals surface area (Å²) in [6, 6.07) is -0.427. The monoisotopic (exact) mass is 246 g/mol. The van der Waals surface area contributed by atoms with Crippen LogP contribution in [0.3, 0.4) is 0 Å². The highest BCUT2D eigenvalue weighted by Crippen LogP contribution is 2.16. The summed E-state index contributed by atoms with van der Waals surface area (Å²) in [6.07, 6.45) is -1.22. The summed E-state index contributed by atoms with van der Waals surface area (Å²) in [4.78, 5) is 13.4. The van der Waals surface area contributed by atoms with Gasteiger partial charge < -0.3 is 20.3 Å². The van der Waals surface area contributed by atoms with E-state index in [0.29, 0.717) is 13.2 Å². The maximum absolute atomic E-state index is 11.9. The summed E-state index contributed by atoms with van der Waals surface area (Å²) in [5, 5.41) is 9.75.